The van der Waals surface area contributed by atoms with Gasteiger partial charge in [-0.25, -0.2) is 9.38 Å². The first kappa shape index (κ1) is 26.0. The van der Waals surface area contributed by atoms with Gasteiger partial charge in [0.25, 0.3) is 0 Å². The quantitative estimate of drug-likeness (QED) is 0.287. The molecule has 2 aromatic rings. The van der Waals surface area contributed by atoms with E-state index in [1.54, 1.807) is 18.3 Å². The Kier molecular flexibility index (Phi) is 9.22. The molecule has 0 unspecified atom stereocenters. The molecule has 1 aromatic carbocycles. The van der Waals surface area contributed by atoms with Gasteiger partial charge in [0.1, 0.15) is 17.3 Å². The molecule has 0 saturated heterocycles. The van der Waals surface area contributed by atoms with Gasteiger partial charge >= 0.3 is 0 Å². The van der Waals surface area contributed by atoms with E-state index in [9.17, 15) is 4.39 Å². The number of amidine groups is 1. The number of aliphatic imine (C=N–C) groups is 1. The van der Waals surface area contributed by atoms with Crippen LogP contribution in [0.1, 0.15) is 50.0 Å². The molecule has 0 bridgehead atoms. The van der Waals surface area contributed by atoms with Gasteiger partial charge in [-0.15, -0.1) is 0 Å². The van der Waals surface area contributed by atoms with Gasteiger partial charge in [-0.2, -0.15) is 0 Å². The van der Waals surface area contributed by atoms with Crippen LogP contribution in [0.15, 0.2) is 87.0 Å². The van der Waals surface area contributed by atoms with Crippen molar-refractivity contribution in [3.05, 3.63) is 94.7 Å². The second kappa shape index (κ2) is 12.8. The third-order valence-corrected chi connectivity index (χ3v) is 6.62. The number of aliphatic hydroxyl groups is 2. The van der Waals surface area contributed by atoms with Crippen molar-refractivity contribution >= 4 is 38.6 Å². The zero-order valence-corrected chi connectivity index (χ0v) is 21.4. The fraction of sp³-hybridized carbons (Fsp3) is 0.286. The number of benzene rings is 1. The van der Waals surface area contributed by atoms with Crippen LogP contribution in [0.25, 0.3) is 11.1 Å². The maximum absolute atomic E-state index is 13.5. The lowest BCUT2D eigenvalue weighted by Gasteiger charge is -2.25. The lowest BCUT2D eigenvalue weighted by atomic mass is 10.0. The molecule has 0 fully saturated rings. The van der Waals surface area contributed by atoms with Gasteiger partial charge < -0.3 is 19.6 Å². The molecule has 2 N–H and O–H groups in total. The Morgan fingerprint density at radius 2 is 1.92 bits per heavy atom. The Labute approximate surface area is 218 Å². The smallest absolute Gasteiger partial charge is 0.163 e. The monoisotopic (exact) mass is 553 g/mol. The third-order valence-electron chi connectivity index (χ3n) is 5.96. The zero-order valence-electron chi connectivity index (χ0n) is 19.9. The number of aliphatic hydroxyl groups excluding tert-OH is 1. The minimum Gasteiger partial charge on any atom is -0.368 e. The molecule has 8 heteroatoms. The number of halogens is 2. The topological polar surface area (TPSA) is 82.1 Å². The fourth-order valence-electron chi connectivity index (χ4n) is 4.01. The summed E-state index contributed by atoms with van der Waals surface area (Å²) >= 11 is 3.53. The summed E-state index contributed by atoms with van der Waals surface area (Å²) in [4.78, 5) is 6.78. The number of nitrogens with zero attached hydrogens (tertiary/aromatic N) is 3. The fourth-order valence-corrected chi connectivity index (χ4v) is 4.34. The molecule has 2 heterocycles. The van der Waals surface area contributed by atoms with Crippen LogP contribution in [0.4, 0.5) is 10.1 Å². The van der Waals surface area contributed by atoms with Crippen LogP contribution in [0.5, 0.6) is 0 Å². The molecular weight excluding hydrogens is 525 g/mol. The number of unbranched alkanes of at least 4 members (excludes halogenated alkanes) is 1. The van der Waals surface area contributed by atoms with Crippen molar-refractivity contribution < 1.29 is 19.1 Å². The van der Waals surface area contributed by atoms with Crippen LogP contribution < -0.4 is 4.90 Å². The summed E-state index contributed by atoms with van der Waals surface area (Å²) in [6.45, 7) is 0.545. The van der Waals surface area contributed by atoms with Gasteiger partial charge in [0.2, 0.25) is 0 Å². The van der Waals surface area contributed by atoms with Gasteiger partial charge in [0, 0.05) is 36.5 Å². The number of hydrogen-bond donors (Lipinski definition) is 2. The molecule has 0 atom stereocenters. The average molecular weight is 554 g/mol. The van der Waals surface area contributed by atoms with E-state index < -0.39 is 6.29 Å². The average Bonchev–Trinajstić information content (AvgIpc) is 3.36. The standard InChI is InChI=1S/C28H29BrFN3O3/c29-22-10-8-21(9-11-22)26-19-25(32-36-26)20-5-3-4-18-33(24-14-12-23(30)13-15-24)27(31-17-16-20)6-1-2-7-28(34)35/h3-5,8,10,12-17,19,28,34-35H,1-2,6-7,9,11,18H2/b4-3+,17-16+,20-5+,31-27?. The predicted molar refractivity (Wildman–Crippen MR) is 145 cm³/mol. The highest BCUT2D eigenvalue weighted by Crippen LogP contribution is 2.31. The highest BCUT2D eigenvalue weighted by molar-refractivity contribution is 9.11. The van der Waals surface area contributed by atoms with E-state index in [1.807, 2.05) is 47.4 Å². The molecule has 0 radical (unpaired) electrons. The Morgan fingerprint density at radius 3 is 2.67 bits per heavy atom. The van der Waals surface area contributed by atoms with Crippen LogP contribution >= 0.6 is 15.9 Å². The van der Waals surface area contributed by atoms with E-state index in [4.69, 9.17) is 19.7 Å². The molecule has 188 valence electrons. The Hall–Kier alpha value is -3.07. The van der Waals surface area contributed by atoms with Crippen LogP contribution in [-0.4, -0.2) is 34.0 Å². The van der Waals surface area contributed by atoms with Crippen molar-refractivity contribution in [2.75, 3.05) is 11.4 Å². The maximum Gasteiger partial charge on any atom is 0.163 e. The first-order valence-electron chi connectivity index (χ1n) is 12.0. The number of anilines is 1. The molecular formula is C28H29BrFN3O3. The highest BCUT2D eigenvalue weighted by Gasteiger charge is 2.15. The minimum atomic E-state index is -1.31. The second-order valence-electron chi connectivity index (χ2n) is 8.61. The van der Waals surface area contributed by atoms with Gasteiger partial charge in [-0.05, 0) is 72.5 Å². The SMILES string of the molecule is OC(O)CCCCC1=N/C=C/C(c2cc(C3=CC=C(Br)CC3)on2)=C\C=C\CN1c1ccc(F)cc1. The summed E-state index contributed by atoms with van der Waals surface area (Å²) in [7, 11) is 0. The number of aromatic nitrogens is 1. The van der Waals surface area contributed by atoms with Crippen molar-refractivity contribution in [3.8, 4) is 0 Å². The lowest BCUT2D eigenvalue weighted by molar-refractivity contribution is -0.0464. The van der Waals surface area contributed by atoms with E-state index >= 15 is 0 Å². The first-order valence-corrected chi connectivity index (χ1v) is 12.8. The van der Waals surface area contributed by atoms with Gasteiger partial charge in [-0.3, -0.25) is 0 Å². The number of allylic oxidation sites excluding steroid dienone is 8. The maximum atomic E-state index is 13.5. The van der Waals surface area contributed by atoms with E-state index in [1.165, 1.54) is 16.6 Å². The molecule has 0 spiro atoms. The Balaban J connectivity index is 1.57. The van der Waals surface area contributed by atoms with Crippen molar-refractivity contribution in [3.63, 3.8) is 0 Å². The van der Waals surface area contributed by atoms with E-state index in [0.717, 1.165) is 53.4 Å². The van der Waals surface area contributed by atoms with E-state index in [2.05, 4.69) is 21.1 Å². The first-order chi connectivity index (χ1) is 17.5. The largest absolute Gasteiger partial charge is 0.368 e. The zero-order chi connectivity index (χ0) is 25.3. The molecule has 1 aromatic heterocycles. The summed E-state index contributed by atoms with van der Waals surface area (Å²) < 4.78 is 20.3. The van der Waals surface area contributed by atoms with Crippen LogP contribution in [0, 0.1) is 5.82 Å². The van der Waals surface area contributed by atoms with Crippen LogP contribution in [-0.2, 0) is 0 Å². The molecule has 4 rings (SSSR count). The molecule has 2 aliphatic rings. The van der Waals surface area contributed by atoms with Crippen molar-refractivity contribution in [1.82, 2.24) is 5.16 Å². The van der Waals surface area contributed by atoms with Crippen molar-refractivity contribution in [2.45, 2.75) is 44.8 Å². The highest BCUT2D eigenvalue weighted by atomic mass is 79.9. The van der Waals surface area contributed by atoms with Crippen molar-refractivity contribution in [1.29, 1.82) is 0 Å². The summed E-state index contributed by atoms with van der Waals surface area (Å²) in [6, 6.07) is 8.28. The predicted octanol–water partition coefficient (Wildman–Crippen LogP) is 6.51. The molecule has 6 nitrogen and oxygen atoms in total. The number of rotatable bonds is 8. The number of hydrogen-bond acceptors (Lipinski definition) is 6. The summed E-state index contributed by atoms with van der Waals surface area (Å²) in [6.07, 6.45) is 16.5. The van der Waals surface area contributed by atoms with Crippen molar-refractivity contribution in [2.24, 2.45) is 4.99 Å². The molecule has 36 heavy (non-hydrogen) atoms. The molecule has 1 aliphatic heterocycles. The van der Waals surface area contributed by atoms with Crippen LogP contribution in [0.3, 0.4) is 0 Å². The van der Waals surface area contributed by atoms with E-state index in [-0.39, 0.29) is 5.82 Å². The summed E-state index contributed by atoms with van der Waals surface area (Å²) in [5.41, 5.74) is 3.55. The minimum absolute atomic E-state index is 0.294. The summed E-state index contributed by atoms with van der Waals surface area (Å²) in [5.74, 6) is 1.27. The molecule has 0 saturated carbocycles. The Morgan fingerprint density at radius 1 is 1.08 bits per heavy atom. The second-order valence-corrected chi connectivity index (χ2v) is 9.63. The molecule has 0 amide bonds. The molecule has 1 aliphatic carbocycles. The lowest BCUT2D eigenvalue weighted by Crippen LogP contribution is -2.31. The normalized spacial score (nSPS) is 19.8. The third kappa shape index (κ3) is 7.22. The van der Waals surface area contributed by atoms with Crippen LogP contribution in [0.2, 0.25) is 0 Å². The van der Waals surface area contributed by atoms with Gasteiger partial charge in [0.05, 0.1) is 0 Å². The van der Waals surface area contributed by atoms with Gasteiger partial charge in [-0.1, -0.05) is 51.5 Å². The van der Waals surface area contributed by atoms with Gasteiger partial charge in [0.15, 0.2) is 12.1 Å². The van der Waals surface area contributed by atoms with E-state index in [0.29, 0.717) is 25.8 Å². The Bertz CT molecular complexity index is 1220. The summed E-state index contributed by atoms with van der Waals surface area (Å²) in [5, 5.41) is 22.6.